The Kier molecular flexibility index (Phi) is 5.09. The highest BCUT2D eigenvalue weighted by molar-refractivity contribution is 5.30. The maximum Gasteiger partial charge on any atom is 0.223 e. The summed E-state index contributed by atoms with van der Waals surface area (Å²) < 4.78 is 5.03. The number of methoxy groups -OCH3 is 1. The summed E-state index contributed by atoms with van der Waals surface area (Å²) in [6.45, 7) is 5.10. The van der Waals surface area contributed by atoms with E-state index in [1.165, 1.54) is 37.5 Å². The predicted octanol–water partition coefficient (Wildman–Crippen LogP) is 2.06. The summed E-state index contributed by atoms with van der Waals surface area (Å²) in [5, 5.41) is 0. The van der Waals surface area contributed by atoms with Crippen LogP contribution in [0.3, 0.4) is 0 Å². The molecule has 1 saturated heterocycles. The molecule has 1 aromatic heterocycles. The molecular weight excluding hydrogens is 326 g/mol. The molecular formula is C21H27N3O2. The van der Waals surface area contributed by atoms with Gasteiger partial charge in [-0.15, -0.1) is 0 Å². The zero-order chi connectivity index (χ0) is 17.9. The predicted molar refractivity (Wildman–Crippen MR) is 103 cm³/mol. The molecule has 5 heteroatoms. The van der Waals surface area contributed by atoms with Gasteiger partial charge in [0.2, 0.25) is 5.43 Å². The van der Waals surface area contributed by atoms with Crippen molar-refractivity contribution in [2.45, 2.75) is 31.8 Å². The van der Waals surface area contributed by atoms with Gasteiger partial charge in [0.15, 0.2) is 5.75 Å². The van der Waals surface area contributed by atoms with Crippen LogP contribution in [0.2, 0.25) is 0 Å². The van der Waals surface area contributed by atoms with E-state index in [1.807, 2.05) is 0 Å². The Balaban J connectivity index is 1.32. The van der Waals surface area contributed by atoms with Crippen molar-refractivity contribution in [3.05, 3.63) is 63.6 Å². The van der Waals surface area contributed by atoms with E-state index >= 15 is 0 Å². The Hall–Kier alpha value is -2.11. The van der Waals surface area contributed by atoms with Crippen LogP contribution in [0.25, 0.3) is 0 Å². The number of hydrogen-bond donors (Lipinski definition) is 1. The molecule has 1 N–H and O–H groups in total. The molecule has 5 nitrogen and oxygen atoms in total. The Labute approximate surface area is 154 Å². The van der Waals surface area contributed by atoms with Crippen molar-refractivity contribution in [1.82, 2.24) is 14.8 Å². The van der Waals surface area contributed by atoms with Gasteiger partial charge < -0.3 is 9.72 Å². The SMILES string of the molecule is COc1c[nH]c(CN2CCN(C3CCc4ccccc4C3)CC2)cc1=O. The van der Waals surface area contributed by atoms with E-state index in [0.29, 0.717) is 11.8 Å². The highest BCUT2D eigenvalue weighted by Gasteiger charge is 2.27. The van der Waals surface area contributed by atoms with Gasteiger partial charge in [0.05, 0.1) is 7.11 Å². The molecule has 0 amide bonds. The van der Waals surface area contributed by atoms with Crippen molar-refractivity contribution in [1.29, 1.82) is 0 Å². The maximum absolute atomic E-state index is 11.9. The van der Waals surface area contributed by atoms with Gasteiger partial charge in [-0.05, 0) is 30.4 Å². The fourth-order valence-corrected chi connectivity index (χ4v) is 4.27. The van der Waals surface area contributed by atoms with Crippen LogP contribution in [0.15, 0.2) is 41.3 Å². The molecule has 4 rings (SSSR count). The van der Waals surface area contributed by atoms with Crippen LogP contribution in [0.5, 0.6) is 5.75 Å². The number of fused-ring (bicyclic) bond motifs is 1. The molecule has 2 aromatic rings. The number of nitrogens with zero attached hydrogens (tertiary/aromatic N) is 2. The van der Waals surface area contributed by atoms with Crippen molar-refractivity contribution in [3.63, 3.8) is 0 Å². The lowest BCUT2D eigenvalue weighted by atomic mass is 9.87. The smallest absolute Gasteiger partial charge is 0.223 e. The first-order valence-corrected chi connectivity index (χ1v) is 9.52. The van der Waals surface area contributed by atoms with Crippen molar-refractivity contribution in [3.8, 4) is 5.75 Å². The zero-order valence-electron chi connectivity index (χ0n) is 15.4. The Bertz CT molecular complexity index is 809. The molecule has 1 fully saturated rings. The molecule has 1 atom stereocenters. The highest BCUT2D eigenvalue weighted by Crippen LogP contribution is 2.25. The lowest BCUT2D eigenvalue weighted by molar-refractivity contribution is 0.0849. The number of pyridine rings is 1. The molecule has 1 unspecified atom stereocenters. The second kappa shape index (κ2) is 7.64. The number of H-pyrrole nitrogens is 1. The monoisotopic (exact) mass is 353 g/mol. The first-order valence-electron chi connectivity index (χ1n) is 9.52. The van der Waals surface area contributed by atoms with E-state index in [9.17, 15) is 4.79 Å². The molecule has 2 heterocycles. The topological polar surface area (TPSA) is 48.6 Å². The van der Waals surface area contributed by atoms with Gasteiger partial charge in [-0.2, -0.15) is 0 Å². The van der Waals surface area contributed by atoms with Crippen molar-refractivity contribution >= 4 is 0 Å². The lowest BCUT2D eigenvalue weighted by Gasteiger charge is -2.41. The number of aryl methyl sites for hydroxylation is 1. The summed E-state index contributed by atoms with van der Waals surface area (Å²) in [5.41, 5.74) is 3.96. The fourth-order valence-electron chi connectivity index (χ4n) is 4.27. The molecule has 2 aliphatic rings. The van der Waals surface area contributed by atoms with Gasteiger partial charge in [-0.1, -0.05) is 24.3 Å². The third-order valence-electron chi connectivity index (χ3n) is 5.79. The number of nitrogens with one attached hydrogen (secondary N) is 1. The molecule has 138 valence electrons. The van der Waals surface area contributed by atoms with Crippen LogP contribution < -0.4 is 10.2 Å². The van der Waals surface area contributed by atoms with E-state index in [0.717, 1.165) is 38.4 Å². The largest absolute Gasteiger partial charge is 0.491 e. The summed E-state index contributed by atoms with van der Waals surface area (Å²) in [6.07, 6.45) is 5.31. The maximum atomic E-state index is 11.9. The second-order valence-electron chi connectivity index (χ2n) is 7.37. The second-order valence-corrected chi connectivity index (χ2v) is 7.37. The third-order valence-corrected chi connectivity index (χ3v) is 5.79. The van der Waals surface area contributed by atoms with Gasteiger partial charge in [0, 0.05) is 56.7 Å². The first-order chi connectivity index (χ1) is 12.7. The van der Waals surface area contributed by atoms with Crippen molar-refractivity contribution < 1.29 is 4.74 Å². The first kappa shape index (κ1) is 17.3. The van der Waals surface area contributed by atoms with Gasteiger partial charge in [0.1, 0.15) is 0 Å². The minimum atomic E-state index is -0.0549. The van der Waals surface area contributed by atoms with Gasteiger partial charge in [0.25, 0.3) is 0 Å². The highest BCUT2D eigenvalue weighted by atomic mass is 16.5. The summed E-state index contributed by atoms with van der Waals surface area (Å²) in [4.78, 5) is 20.2. The van der Waals surface area contributed by atoms with Gasteiger partial charge >= 0.3 is 0 Å². The zero-order valence-corrected chi connectivity index (χ0v) is 15.4. The van der Waals surface area contributed by atoms with Crippen molar-refractivity contribution in [2.24, 2.45) is 0 Å². The Morgan fingerprint density at radius 1 is 1.15 bits per heavy atom. The van der Waals surface area contributed by atoms with Gasteiger partial charge in [-0.25, -0.2) is 0 Å². The van der Waals surface area contributed by atoms with E-state index in [-0.39, 0.29) is 5.43 Å². The van der Waals surface area contributed by atoms with Crippen LogP contribution in [0.4, 0.5) is 0 Å². The van der Waals surface area contributed by atoms with Crippen LogP contribution in [-0.4, -0.2) is 54.1 Å². The van der Waals surface area contributed by atoms with E-state index < -0.39 is 0 Å². The quantitative estimate of drug-likeness (QED) is 0.914. The number of piperazine rings is 1. The number of aromatic nitrogens is 1. The number of hydrogen-bond acceptors (Lipinski definition) is 4. The normalized spacial score (nSPS) is 21.3. The van der Waals surface area contributed by atoms with Crippen molar-refractivity contribution in [2.75, 3.05) is 33.3 Å². The lowest BCUT2D eigenvalue weighted by Crippen LogP contribution is -2.51. The van der Waals surface area contributed by atoms with Crippen LogP contribution >= 0.6 is 0 Å². The molecule has 0 bridgehead atoms. The molecule has 0 spiro atoms. The Morgan fingerprint density at radius 2 is 1.92 bits per heavy atom. The third kappa shape index (κ3) is 3.69. The number of aromatic amines is 1. The summed E-state index contributed by atoms with van der Waals surface area (Å²) in [5.74, 6) is 0.371. The Morgan fingerprint density at radius 3 is 2.65 bits per heavy atom. The number of rotatable bonds is 4. The number of ether oxygens (including phenoxy) is 1. The molecule has 1 aliphatic carbocycles. The molecule has 26 heavy (non-hydrogen) atoms. The molecule has 1 aromatic carbocycles. The molecule has 0 saturated carbocycles. The molecule has 1 aliphatic heterocycles. The van der Waals surface area contributed by atoms with Crippen LogP contribution in [-0.2, 0) is 19.4 Å². The minimum absolute atomic E-state index is 0.0549. The summed E-state index contributed by atoms with van der Waals surface area (Å²) in [6, 6.07) is 11.2. The van der Waals surface area contributed by atoms with Crippen LogP contribution in [0, 0.1) is 0 Å². The number of benzene rings is 1. The van der Waals surface area contributed by atoms with E-state index in [4.69, 9.17) is 4.74 Å². The summed E-state index contributed by atoms with van der Waals surface area (Å²) >= 11 is 0. The van der Waals surface area contributed by atoms with E-state index in [2.05, 4.69) is 39.0 Å². The average molecular weight is 353 g/mol. The minimum Gasteiger partial charge on any atom is -0.491 e. The van der Waals surface area contributed by atoms with Crippen LogP contribution in [0.1, 0.15) is 23.2 Å². The fraction of sp³-hybridized carbons (Fsp3) is 0.476. The average Bonchev–Trinajstić information content (AvgIpc) is 2.68. The van der Waals surface area contributed by atoms with Gasteiger partial charge in [-0.3, -0.25) is 14.6 Å². The molecule has 0 radical (unpaired) electrons. The summed E-state index contributed by atoms with van der Waals surface area (Å²) in [7, 11) is 1.52. The van der Waals surface area contributed by atoms with E-state index in [1.54, 1.807) is 12.3 Å². The standard InChI is InChI=1S/C21H27N3O2/c1-26-21-14-22-18(13-20(21)25)15-23-8-10-24(11-9-23)19-7-6-16-4-2-3-5-17(16)12-19/h2-5,13-14,19H,6-12,15H2,1H3,(H,22,25).